The average molecular weight is 398 g/mol. The number of anilines is 2. The third-order valence-corrected chi connectivity index (χ3v) is 5.84. The summed E-state index contributed by atoms with van der Waals surface area (Å²) in [5.41, 5.74) is 0.433. The molecular formula is C21H26N4O4. The van der Waals surface area contributed by atoms with E-state index in [0.29, 0.717) is 29.6 Å². The molecule has 1 aromatic carbocycles. The van der Waals surface area contributed by atoms with Gasteiger partial charge in [-0.25, -0.2) is 14.8 Å². The maximum atomic E-state index is 11.7. The standard InChI is InChI=1S/C21H26N4O4/c1-22-19-20(24-7-6-23-19)25-11-14-9-17(26)18(10-15(14)12-25)29-16-5-3-4-13(8-16)21(27)28-2/h3-8,14-15,17-18,26H,9-12H2,1-2H3,(H,22,23)/t14-,15+,17+,18+/m0/s1. The number of carbonyl (C=O) groups excluding carboxylic acids is 1. The summed E-state index contributed by atoms with van der Waals surface area (Å²) in [5, 5.41) is 13.8. The monoisotopic (exact) mass is 398 g/mol. The molecule has 1 saturated heterocycles. The lowest BCUT2D eigenvalue weighted by atomic mass is 9.78. The van der Waals surface area contributed by atoms with Crippen molar-refractivity contribution >= 4 is 17.6 Å². The second kappa shape index (κ2) is 8.24. The number of nitrogens with one attached hydrogen (secondary N) is 1. The van der Waals surface area contributed by atoms with E-state index in [1.807, 2.05) is 7.05 Å². The highest BCUT2D eigenvalue weighted by Gasteiger charge is 2.43. The van der Waals surface area contributed by atoms with Crippen LogP contribution < -0.4 is 15.0 Å². The number of hydrogen-bond donors (Lipinski definition) is 2. The average Bonchev–Trinajstić information content (AvgIpc) is 3.16. The van der Waals surface area contributed by atoms with Gasteiger partial charge in [0, 0.05) is 32.5 Å². The minimum Gasteiger partial charge on any atom is -0.488 e. The number of aliphatic hydroxyl groups excluding tert-OH is 1. The van der Waals surface area contributed by atoms with Gasteiger partial charge in [0.1, 0.15) is 11.9 Å². The Bertz CT molecular complexity index is 877. The Hall–Kier alpha value is -2.87. The molecule has 154 valence electrons. The van der Waals surface area contributed by atoms with Gasteiger partial charge in [0.2, 0.25) is 0 Å². The van der Waals surface area contributed by atoms with Gasteiger partial charge in [0.25, 0.3) is 0 Å². The van der Waals surface area contributed by atoms with E-state index in [1.54, 1.807) is 36.7 Å². The van der Waals surface area contributed by atoms with Gasteiger partial charge < -0.3 is 24.8 Å². The molecule has 1 saturated carbocycles. The van der Waals surface area contributed by atoms with Gasteiger partial charge in [-0.2, -0.15) is 0 Å². The lowest BCUT2D eigenvalue weighted by Gasteiger charge is -2.35. The number of benzene rings is 1. The summed E-state index contributed by atoms with van der Waals surface area (Å²) in [7, 11) is 3.19. The Morgan fingerprint density at radius 2 is 1.97 bits per heavy atom. The summed E-state index contributed by atoms with van der Waals surface area (Å²) >= 11 is 0. The number of carbonyl (C=O) groups is 1. The maximum Gasteiger partial charge on any atom is 0.337 e. The first kappa shape index (κ1) is 19.4. The van der Waals surface area contributed by atoms with Crippen LogP contribution in [0.15, 0.2) is 36.7 Å². The van der Waals surface area contributed by atoms with E-state index >= 15 is 0 Å². The normalized spacial score (nSPS) is 26.0. The largest absolute Gasteiger partial charge is 0.488 e. The van der Waals surface area contributed by atoms with Gasteiger partial charge in [0.15, 0.2) is 11.6 Å². The van der Waals surface area contributed by atoms with Gasteiger partial charge >= 0.3 is 5.97 Å². The first-order chi connectivity index (χ1) is 14.1. The predicted octanol–water partition coefficient (Wildman–Crippen LogP) is 1.96. The number of fused-ring (bicyclic) bond motifs is 1. The van der Waals surface area contributed by atoms with Gasteiger partial charge in [-0.3, -0.25) is 0 Å². The van der Waals surface area contributed by atoms with Crippen molar-refractivity contribution in [2.45, 2.75) is 25.0 Å². The van der Waals surface area contributed by atoms with Crippen molar-refractivity contribution in [2.75, 3.05) is 37.5 Å². The van der Waals surface area contributed by atoms with Crippen LogP contribution in [-0.2, 0) is 4.74 Å². The Labute approximate surface area is 169 Å². The summed E-state index contributed by atoms with van der Waals surface area (Å²) in [4.78, 5) is 22.8. The summed E-state index contributed by atoms with van der Waals surface area (Å²) in [6.07, 6.45) is 3.94. The molecule has 2 aromatic rings. The zero-order valence-corrected chi connectivity index (χ0v) is 16.6. The Morgan fingerprint density at radius 1 is 1.21 bits per heavy atom. The highest BCUT2D eigenvalue weighted by molar-refractivity contribution is 5.89. The Balaban J connectivity index is 1.45. The van der Waals surface area contributed by atoms with Crippen LogP contribution in [-0.4, -0.2) is 60.5 Å². The van der Waals surface area contributed by atoms with Gasteiger partial charge in [-0.05, 0) is 42.9 Å². The molecule has 4 rings (SSSR count). The Morgan fingerprint density at radius 3 is 2.72 bits per heavy atom. The fraction of sp³-hybridized carbons (Fsp3) is 0.476. The van der Waals surface area contributed by atoms with E-state index in [-0.39, 0.29) is 6.10 Å². The van der Waals surface area contributed by atoms with E-state index in [1.165, 1.54) is 7.11 Å². The number of nitrogens with zero attached hydrogens (tertiary/aromatic N) is 3. The molecule has 0 bridgehead atoms. The van der Waals surface area contributed by atoms with Crippen molar-refractivity contribution in [2.24, 2.45) is 11.8 Å². The number of esters is 1. The van der Waals surface area contributed by atoms with Crippen LogP contribution in [0.25, 0.3) is 0 Å². The third-order valence-electron chi connectivity index (χ3n) is 5.84. The molecule has 0 unspecified atom stereocenters. The second-order valence-electron chi connectivity index (χ2n) is 7.62. The Kier molecular flexibility index (Phi) is 5.53. The smallest absolute Gasteiger partial charge is 0.337 e. The highest BCUT2D eigenvalue weighted by atomic mass is 16.5. The SMILES string of the molecule is CNc1nccnc1N1C[C@H]2C[C@@H](Oc3cccc(C(=O)OC)c3)[C@H](O)C[C@H]2C1. The molecular weight excluding hydrogens is 372 g/mol. The van der Waals surface area contributed by atoms with Crippen molar-refractivity contribution in [3.8, 4) is 5.75 Å². The van der Waals surface area contributed by atoms with Crippen LogP contribution in [0.3, 0.4) is 0 Å². The third kappa shape index (κ3) is 3.98. The minimum absolute atomic E-state index is 0.310. The fourth-order valence-electron chi connectivity index (χ4n) is 4.42. The predicted molar refractivity (Wildman–Crippen MR) is 108 cm³/mol. The topological polar surface area (TPSA) is 96.8 Å². The van der Waals surface area contributed by atoms with Crippen molar-refractivity contribution in [1.29, 1.82) is 0 Å². The van der Waals surface area contributed by atoms with Crippen LogP contribution in [0, 0.1) is 11.8 Å². The zero-order valence-electron chi connectivity index (χ0n) is 16.6. The molecule has 4 atom stereocenters. The molecule has 2 N–H and O–H groups in total. The molecule has 1 aliphatic carbocycles. The molecule has 2 aliphatic rings. The first-order valence-corrected chi connectivity index (χ1v) is 9.86. The van der Waals surface area contributed by atoms with Crippen molar-refractivity contribution in [3.63, 3.8) is 0 Å². The fourth-order valence-corrected chi connectivity index (χ4v) is 4.42. The molecule has 0 amide bonds. The molecule has 1 aromatic heterocycles. The molecule has 1 aliphatic heterocycles. The maximum absolute atomic E-state index is 11.7. The molecule has 8 heteroatoms. The van der Waals surface area contributed by atoms with Crippen LogP contribution in [0.5, 0.6) is 5.75 Å². The molecule has 2 fully saturated rings. The van der Waals surface area contributed by atoms with Crippen LogP contribution in [0.2, 0.25) is 0 Å². The number of methoxy groups -OCH3 is 1. The molecule has 8 nitrogen and oxygen atoms in total. The second-order valence-corrected chi connectivity index (χ2v) is 7.62. The van der Waals surface area contributed by atoms with Crippen molar-refractivity contribution in [1.82, 2.24) is 9.97 Å². The van der Waals surface area contributed by atoms with Gasteiger partial charge in [0.05, 0.1) is 18.8 Å². The molecule has 2 heterocycles. The number of aliphatic hydroxyl groups is 1. The number of ether oxygens (including phenoxy) is 2. The van der Waals surface area contributed by atoms with E-state index in [9.17, 15) is 9.90 Å². The first-order valence-electron chi connectivity index (χ1n) is 9.86. The zero-order chi connectivity index (χ0) is 20.4. The minimum atomic E-state index is -0.552. The van der Waals surface area contributed by atoms with E-state index in [2.05, 4.69) is 20.2 Å². The van der Waals surface area contributed by atoms with Crippen LogP contribution in [0.1, 0.15) is 23.2 Å². The molecule has 0 spiro atoms. The van der Waals surface area contributed by atoms with Crippen molar-refractivity contribution in [3.05, 3.63) is 42.2 Å². The van der Waals surface area contributed by atoms with Crippen molar-refractivity contribution < 1.29 is 19.4 Å². The summed E-state index contributed by atoms with van der Waals surface area (Å²) in [5.74, 6) is 2.56. The summed E-state index contributed by atoms with van der Waals surface area (Å²) < 4.78 is 10.8. The summed E-state index contributed by atoms with van der Waals surface area (Å²) in [6, 6.07) is 6.89. The summed E-state index contributed by atoms with van der Waals surface area (Å²) in [6.45, 7) is 1.70. The van der Waals surface area contributed by atoms with E-state index in [0.717, 1.165) is 31.1 Å². The van der Waals surface area contributed by atoms with E-state index < -0.39 is 12.1 Å². The van der Waals surface area contributed by atoms with E-state index in [4.69, 9.17) is 9.47 Å². The van der Waals surface area contributed by atoms with Crippen LogP contribution in [0.4, 0.5) is 11.6 Å². The molecule has 29 heavy (non-hydrogen) atoms. The number of hydrogen-bond acceptors (Lipinski definition) is 8. The highest BCUT2D eigenvalue weighted by Crippen LogP contribution is 2.40. The van der Waals surface area contributed by atoms with Gasteiger partial charge in [-0.15, -0.1) is 0 Å². The van der Waals surface area contributed by atoms with Gasteiger partial charge in [-0.1, -0.05) is 6.07 Å². The lowest BCUT2D eigenvalue weighted by molar-refractivity contribution is -0.0231. The molecule has 0 radical (unpaired) electrons. The number of rotatable bonds is 5. The number of aromatic nitrogens is 2. The lowest BCUT2D eigenvalue weighted by Crippen LogP contribution is -2.42. The van der Waals surface area contributed by atoms with Crippen LogP contribution >= 0.6 is 0 Å². The quantitative estimate of drug-likeness (QED) is 0.738.